The lowest BCUT2D eigenvalue weighted by Gasteiger charge is -2.37. The van der Waals surface area contributed by atoms with Gasteiger partial charge >= 0.3 is 0 Å². The Morgan fingerprint density at radius 3 is 1.58 bits per heavy atom. The Morgan fingerprint density at radius 2 is 0.942 bits per heavy atom. The number of benzene rings is 6. The molecule has 0 radical (unpaired) electrons. The van der Waals surface area contributed by atoms with Crippen molar-refractivity contribution in [3.8, 4) is 0 Å². The number of anilines is 2. The molecule has 0 spiro atoms. The van der Waals surface area contributed by atoms with Crippen LogP contribution in [-0.4, -0.2) is 17.8 Å². The van der Waals surface area contributed by atoms with Gasteiger partial charge < -0.3 is 20.4 Å². The van der Waals surface area contributed by atoms with Gasteiger partial charge in [0.25, 0.3) is 0 Å². The minimum atomic E-state index is -0.309. The molecule has 3 N–H and O–H groups in total. The van der Waals surface area contributed by atoms with Crippen LogP contribution < -0.4 is 25.8 Å². The van der Waals surface area contributed by atoms with Gasteiger partial charge in [-0.3, -0.25) is 5.32 Å². The zero-order chi connectivity index (χ0) is 34.4. The second-order valence-electron chi connectivity index (χ2n) is 13.4. The lowest BCUT2D eigenvalue weighted by Crippen LogP contribution is -2.52. The van der Waals surface area contributed by atoms with Crippen molar-refractivity contribution in [2.45, 2.75) is 30.6 Å². The predicted molar refractivity (Wildman–Crippen MR) is 208 cm³/mol. The Morgan fingerprint density at radius 1 is 0.442 bits per heavy atom. The molecule has 10 rings (SSSR count). The lowest BCUT2D eigenvalue weighted by molar-refractivity contribution is 0.402. The number of fused-ring (bicyclic) bond motifs is 5. The Bertz CT molecular complexity index is 2320. The third-order valence-corrected chi connectivity index (χ3v) is 10.3. The molecule has 6 aromatic rings. The van der Waals surface area contributed by atoms with E-state index in [0.29, 0.717) is 5.96 Å². The van der Waals surface area contributed by atoms with E-state index in [1.807, 2.05) is 30.3 Å². The molecule has 4 aliphatic heterocycles. The average Bonchev–Trinajstić information content (AvgIpc) is 3.75. The van der Waals surface area contributed by atoms with Gasteiger partial charge in [0.2, 0.25) is 11.9 Å². The minimum Gasteiger partial charge on any atom is -0.344 e. The third-order valence-electron chi connectivity index (χ3n) is 10.3. The highest BCUT2D eigenvalue weighted by atomic mass is 15.5. The van der Waals surface area contributed by atoms with Gasteiger partial charge in [-0.05, 0) is 28.8 Å². The summed E-state index contributed by atoms with van der Waals surface area (Å²) in [6.45, 7) is 0. The molecule has 0 fully saturated rings. The van der Waals surface area contributed by atoms with Crippen LogP contribution in [0.2, 0.25) is 0 Å². The summed E-state index contributed by atoms with van der Waals surface area (Å²) >= 11 is 0. The van der Waals surface area contributed by atoms with Crippen molar-refractivity contribution in [3.05, 3.63) is 203 Å². The monoisotopic (exact) mass is 676 g/mol. The Hall–Kier alpha value is -6.51. The van der Waals surface area contributed by atoms with Crippen molar-refractivity contribution < 1.29 is 0 Å². The van der Waals surface area contributed by atoms with Crippen LogP contribution in [0.3, 0.4) is 0 Å². The molecule has 8 nitrogen and oxygen atoms in total. The molecule has 0 amide bonds. The maximum Gasteiger partial charge on any atom is 0.230 e. The van der Waals surface area contributed by atoms with Crippen LogP contribution in [-0.2, 0) is 0 Å². The molecule has 4 aliphatic rings. The van der Waals surface area contributed by atoms with Crippen LogP contribution in [0.5, 0.6) is 0 Å². The smallest absolute Gasteiger partial charge is 0.230 e. The van der Waals surface area contributed by atoms with E-state index in [1.54, 1.807) is 0 Å². The highest BCUT2D eigenvalue weighted by Gasteiger charge is 2.53. The van der Waals surface area contributed by atoms with Crippen molar-refractivity contribution >= 4 is 29.1 Å². The van der Waals surface area contributed by atoms with Crippen LogP contribution in [0.1, 0.15) is 64.0 Å². The molecule has 8 heteroatoms. The molecule has 0 aromatic heterocycles. The van der Waals surface area contributed by atoms with Crippen LogP contribution in [0.25, 0.3) is 0 Å². The van der Waals surface area contributed by atoms with Gasteiger partial charge in [-0.2, -0.15) is 4.99 Å². The molecule has 5 atom stereocenters. The fraction of sp³-hybridized carbons (Fsp3) is 0.114. The van der Waals surface area contributed by atoms with Crippen LogP contribution >= 0.6 is 0 Å². The highest BCUT2D eigenvalue weighted by molar-refractivity contribution is 6.13. The van der Waals surface area contributed by atoms with Crippen molar-refractivity contribution in [1.29, 1.82) is 0 Å². The van der Waals surface area contributed by atoms with E-state index in [9.17, 15) is 0 Å². The zero-order valence-corrected chi connectivity index (χ0v) is 28.3. The van der Waals surface area contributed by atoms with Gasteiger partial charge in [-0.1, -0.05) is 158 Å². The van der Waals surface area contributed by atoms with Crippen molar-refractivity contribution in [2.24, 2.45) is 15.0 Å². The molecule has 252 valence electrons. The maximum atomic E-state index is 5.42. The standard InChI is InChI=1S/C44H36N8/c1-5-17-29(18-6-1)39-45-40(30-19-7-2-8-20-30)48-43(47-39)51-35-27-15-13-25-33(35)38-37(51)34-26-14-16-28-36(34)52(38)44-49-41(31-21-9-3-10-22-31)46-42(50-44)32-23-11-4-12-24-32/h1-28,37-41,45H,(H,47,48)(H,46,49,50). The first-order valence-corrected chi connectivity index (χ1v) is 17.8. The minimum absolute atomic E-state index is 0.0890. The predicted octanol–water partition coefficient (Wildman–Crippen LogP) is 8.16. The van der Waals surface area contributed by atoms with E-state index in [-0.39, 0.29) is 30.6 Å². The average molecular weight is 677 g/mol. The van der Waals surface area contributed by atoms with Crippen LogP contribution in [0, 0.1) is 0 Å². The normalized spacial score (nSPS) is 22.9. The fourth-order valence-electron chi connectivity index (χ4n) is 7.97. The van der Waals surface area contributed by atoms with E-state index in [1.165, 1.54) is 11.1 Å². The summed E-state index contributed by atoms with van der Waals surface area (Å²) in [6, 6.07) is 58.9. The third kappa shape index (κ3) is 5.15. The lowest BCUT2D eigenvalue weighted by atomic mass is 10.0. The number of nitrogens with one attached hydrogen (secondary N) is 3. The SMILES string of the molecule is c1ccc(C2=NC(N3c4ccccc4C4C3c3ccccc3N4C3=NC(c4ccccc4)NC(c4ccccc4)N3)=NC(c3ccccc3)N2)cc1. The van der Waals surface area contributed by atoms with E-state index < -0.39 is 0 Å². The number of hydrogen-bond acceptors (Lipinski definition) is 8. The molecule has 5 unspecified atom stereocenters. The first kappa shape index (κ1) is 30.3. The van der Waals surface area contributed by atoms with Gasteiger partial charge in [0.15, 0.2) is 0 Å². The molecule has 0 saturated heterocycles. The largest absolute Gasteiger partial charge is 0.344 e. The van der Waals surface area contributed by atoms with Crippen LogP contribution in [0.4, 0.5) is 11.4 Å². The van der Waals surface area contributed by atoms with Crippen molar-refractivity contribution in [3.63, 3.8) is 0 Å². The van der Waals surface area contributed by atoms with Gasteiger partial charge in [-0.15, -0.1) is 0 Å². The van der Waals surface area contributed by atoms with Gasteiger partial charge in [0.1, 0.15) is 24.3 Å². The summed E-state index contributed by atoms with van der Waals surface area (Å²) in [7, 11) is 0. The number of rotatable bonds is 4. The van der Waals surface area contributed by atoms with Gasteiger partial charge in [0, 0.05) is 22.4 Å². The van der Waals surface area contributed by atoms with E-state index >= 15 is 0 Å². The molecule has 0 saturated carbocycles. The van der Waals surface area contributed by atoms with Gasteiger partial charge in [0.05, 0.1) is 17.8 Å². The molecule has 6 aromatic carbocycles. The van der Waals surface area contributed by atoms with Crippen molar-refractivity contribution in [1.82, 2.24) is 16.0 Å². The molecule has 0 aliphatic carbocycles. The molecule has 4 heterocycles. The van der Waals surface area contributed by atoms with Crippen molar-refractivity contribution in [2.75, 3.05) is 9.80 Å². The molecular weight excluding hydrogens is 641 g/mol. The Kier molecular flexibility index (Phi) is 7.39. The number of para-hydroxylation sites is 2. The number of aliphatic imine (C=N–C) groups is 3. The molecular formula is C44H36N8. The summed E-state index contributed by atoms with van der Waals surface area (Å²) in [5, 5.41) is 11.2. The summed E-state index contributed by atoms with van der Waals surface area (Å²) in [4.78, 5) is 20.8. The molecule has 0 bridgehead atoms. The maximum absolute atomic E-state index is 5.42. The topological polar surface area (TPSA) is 79.7 Å². The zero-order valence-electron chi connectivity index (χ0n) is 28.3. The number of hydrogen-bond donors (Lipinski definition) is 3. The summed E-state index contributed by atoms with van der Waals surface area (Å²) in [5.41, 5.74) is 8.96. The van der Waals surface area contributed by atoms with Crippen LogP contribution in [0.15, 0.2) is 185 Å². The van der Waals surface area contributed by atoms with E-state index in [2.05, 4.69) is 165 Å². The summed E-state index contributed by atoms with van der Waals surface area (Å²) < 4.78 is 0. The second-order valence-corrected chi connectivity index (χ2v) is 13.4. The first-order chi connectivity index (χ1) is 25.8. The highest BCUT2D eigenvalue weighted by Crippen LogP contribution is 2.58. The van der Waals surface area contributed by atoms with E-state index in [0.717, 1.165) is 45.4 Å². The van der Waals surface area contributed by atoms with E-state index in [4.69, 9.17) is 15.0 Å². The Labute approximate surface area is 302 Å². The summed E-state index contributed by atoms with van der Waals surface area (Å²) in [6.07, 6.45) is -0.715. The first-order valence-electron chi connectivity index (χ1n) is 17.8. The number of amidine groups is 1. The number of nitrogens with zero attached hydrogens (tertiary/aromatic N) is 5. The number of guanidine groups is 2. The Balaban J connectivity index is 1.13. The van der Waals surface area contributed by atoms with Gasteiger partial charge in [-0.25, -0.2) is 9.98 Å². The molecule has 52 heavy (non-hydrogen) atoms. The summed E-state index contributed by atoms with van der Waals surface area (Å²) in [5.74, 6) is 2.29. The second kappa shape index (κ2) is 12.7. The fourth-order valence-corrected chi connectivity index (χ4v) is 7.97. The quantitative estimate of drug-likeness (QED) is 0.176.